The number of amides is 1. The summed E-state index contributed by atoms with van der Waals surface area (Å²) >= 11 is 11.9. The van der Waals surface area contributed by atoms with Crippen molar-refractivity contribution in [1.82, 2.24) is 5.32 Å². The lowest BCUT2D eigenvalue weighted by Gasteiger charge is -2.30. The Morgan fingerprint density at radius 3 is 2.23 bits per heavy atom. The first-order valence-corrected chi connectivity index (χ1v) is 11.3. The zero-order valence-corrected chi connectivity index (χ0v) is 19.4. The average molecular weight is 539 g/mol. The highest BCUT2D eigenvalue weighted by Gasteiger charge is 2.62. The van der Waals surface area contributed by atoms with E-state index in [4.69, 9.17) is 28.0 Å². The van der Waals surface area contributed by atoms with Gasteiger partial charge in [0.2, 0.25) is 0 Å². The molecule has 4 rings (SSSR count). The molecule has 0 radical (unpaired) electrons. The zero-order chi connectivity index (χ0) is 25.6. The van der Waals surface area contributed by atoms with Crippen LogP contribution >= 0.6 is 23.2 Å². The minimum atomic E-state index is -4.87. The Bertz CT molecular complexity index is 1180. The van der Waals surface area contributed by atoms with E-state index in [9.17, 15) is 31.1 Å². The molecule has 2 aromatic carbocycles. The molecule has 0 spiro atoms. The molecule has 1 aliphatic heterocycles. The monoisotopic (exact) mass is 538 g/mol. The maximum absolute atomic E-state index is 14.3. The van der Waals surface area contributed by atoms with Crippen LogP contribution in [-0.2, 0) is 23.3 Å². The van der Waals surface area contributed by atoms with Crippen molar-refractivity contribution in [2.24, 2.45) is 5.16 Å². The van der Waals surface area contributed by atoms with E-state index in [0.29, 0.717) is 42.4 Å². The lowest BCUT2D eigenvalue weighted by atomic mass is 9.80. The second-order valence-electron chi connectivity index (χ2n) is 8.41. The first-order valence-electron chi connectivity index (χ1n) is 10.6. The van der Waals surface area contributed by atoms with Crippen molar-refractivity contribution in [3.63, 3.8) is 0 Å². The molecule has 1 atom stereocenters. The van der Waals surface area contributed by atoms with E-state index in [2.05, 4.69) is 5.16 Å². The van der Waals surface area contributed by atoms with E-state index >= 15 is 0 Å². The van der Waals surface area contributed by atoms with E-state index in [1.807, 2.05) is 5.32 Å². The lowest BCUT2D eigenvalue weighted by Crippen LogP contribution is -2.42. The summed E-state index contributed by atoms with van der Waals surface area (Å²) in [6, 6.07) is 6.25. The van der Waals surface area contributed by atoms with Gasteiger partial charge in [0, 0.05) is 33.2 Å². The molecule has 2 aromatic rings. The Balaban J connectivity index is 1.71. The molecular formula is C23H18Cl2F6N2O2. The predicted molar refractivity (Wildman–Crippen MR) is 118 cm³/mol. The topological polar surface area (TPSA) is 50.7 Å². The average Bonchev–Trinajstić information content (AvgIpc) is 3.22. The van der Waals surface area contributed by atoms with Gasteiger partial charge in [-0.1, -0.05) is 34.4 Å². The summed E-state index contributed by atoms with van der Waals surface area (Å²) in [5, 5.41) is 5.62. The van der Waals surface area contributed by atoms with Crippen molar-refractivity contribution in [3.8, 4) is 0 Å². The standard InChI is InChI=1S/C23H18Cl2F6N2O2/c24-13-7-12(8-14(25)9-13)21(23(29,30)31)10-19(33-35-21)17-5-6-18(16-4-2-1-3-15(16)17)20(34)32-11-22(26,27)28/h5-9H,1-4,10-11H2,(H,32,34). The SMILES string of the molecule is O=C(NCC(F)(F)F)c1ccc(C2=NOC(c3cc(Cl)cc(Cl)c3)(C(F)(F)F)C2)c2c1CCCC2. The van der Waals surface area contributed by atoms with Crippen molar-refractivity contribution >= 4 is 34.8 Å². The Labute approximate surface area is 206 Å². The van der Waals surface area contributed by atoms with Gasteiger partial charge >= 0.3 is 12.4 Å². The summed E-state index contributed by atoms with van der Waals surface area (Å²) in [6.07, 6.45) is -7.88. The summed E-state index contributed by atoms with van der Waals surface area (Å²) in [4.78, 5) is 17.5. The lowest BCUT2D eigenvalue weighted by molar-refractivity contribution is -0.275. The van der Waals surface area contributed by atoms with Gasteiger partial charge in [0.05, 0.1) is 5.71 Å². The summed E-state index contributed by atoms with van der Waals surface area (Å²) in [6.45, 7) is -1.49. The maximum atomic E-state index is 14.3. The molecule has 0 saturated heterocycles. The second kappa shape index (κ2) is 9.20. The van der Waals surface area contributed by atoms with Gasteiger partial charge in [0.15, 0.2) is 0 Å². The van der Waals surface area contributed by atoms with E-state index in [1.165, 1.54) is 18.2 Å². The molecule has 35 heavy (non-hydrogen) atoms. The van der Waals surface area contributed by atoms with Crippen LogP contribution in [0, 0.1) is 0 Å². The van der Waals surface area contributed by atoms with Gasteiger partial charge in [0.1, 0.15) is 6.54 Å². The third kappa shape index (κ3) is 5.09. The van der Waals surface area contributed by atoms with Crippen LogP contribution in [0.15, 0.2) is 35.5 Å². The van der Waals surface area contributed by atoms with Crippen molar-refractivity contribution in [3.05, 3.63) is 68.2 Å². The summed E-state index contributed by atoms with van der Waals surface area (Å²) in [5.74, 6) is -0.894. The van der Waals surface area contributed by atoms with Crippen molar-refractivity contribution in [2.75, 3.05) is 6.54 Å². The van der Waals surface area contributed by atoms with Gasteiger partial charge in [-0.15, -0.1) is 0 Å². The van der Waals surface area contributed by atoms with Crippen LogP contribution in [-0.4, -0.2) is 30.5 Å². The van der Waals surface area contributed by atoms with Crippen molar-refractivity contribution in [1.29, 1.82) is 0 Å². The van der Waals surface area contributed by atoms with Gasteiger partial charge in [-0.05, 0) is 61.1 Å². The first-order chi connectivity index (χ1) is 16.3. The minimum absolute atomic E-state index is 0.000207. The Morgan fingerprint density at radius 1 is 1.00 bits per heavy atom. The van der Waals surface area contributed by atoms with Crippen LogP contribution in [0.2, 0.25) is 10.0 Å². The number of alkyl halides is 6. The number of carbonyl (C=O) groups excluding carboxylic acids is 1. The number of oxime groups is 1. The van der Waals surface area contributed by atoms with E-state index < -0.39 is 36.8 Å². The van der Waals surface area contributed by atoms with E-state index in [1.54, 1.807) is 0 Å². The molecule has 4 nitrogen and oxygen atoms in total. The Morgan fingerprint density at radius 2 is 1.63 bits per heavy atom. The minimum Gasteiger partial charge on any atom is -0.374 e. The highest BCUT2D eigenvalue weighted by molar-refractivity contribution is 6.34. The molecule has 1 amide bonds. The molecule has 12 heteroatoms. The largest absolute Gasteiger partial charge is 0.435 e. The quantitative estimate of drug-likeness (QED) is 0.438. The van der Waals surface area contributed by atoms with E-state index in [-0.39, 0.29) is 26.9 Å². The second-order valence-corrected chi connectivity index (χ2v) is 9.28. The molecule has 2 aliphatic rings. The molecule has 1 heterocycles. The van der Waals surface area contributed by atoms with Crippen LogP contribution in [0.3, 0.4) is 0 Å². The van der Waals surface area contributed by atoms with Gasteiger partial charge in [-0.2, -0.15) is 26.3 Å². The van der Waals surface area contributed by atoms with Crippen molar-refractivity contribution < 1.29 is 36.0 Å². The summed E-state index contributed by atoms with van der Waals surface area (Å²) in [7, 11) is 0. The van der Waals surface area contributed by atoms with Crippen LogP contribution in [0.4, 0.5) is 26.3 Å². The number of hydrogen-bond acceptors (Lipinski definition) is 3. The Kier molecular flexibility index (Phi) is 6.74. The number of halogens is 8. The fourth-order valence-corrected chi connectivity index (χ4v) is 4.99. The summed E-state index contributed by atoms with van der Waals surface area (Å²) in [5.41, 5.74) is -1.59. The third-order valence-corrected chi connectivity index (χ3v) is 6.49. The number of rotatable bonds is 4. The predicted octanol–water partition coefficient (Wildman–Crippen LogP) is 6.75. The fourth-order valence-electron chi connectivity index (χ4n) is 4.46. The fraction of sp³-hybridized carbons (Fsp3) is 0.391. The number of carbonyl (C=O) groups is 1. The number of nitrogens with zero attached hydrogens (tertiary/aromatic N) is 1. The van der Waals surface area contributed by atoms with E-state index in [0.717, 1.165) is 12.1 Å². The molecule has 0 saturated carbocycles. The molecular weight excluding hydrogens is 521 g/mol. The normalized spacial score (nSPS) is 20.2. The number of hydrogen-bond donors (Lipinski definition) is 1. The smallest absolute Gasteiger partial charge is 0.374 e. The Hall–Kier alpha value is -2.46. The highest BCUT2D eigenvalue weighted by Crippen LogP contribution is 2.50. The maximum Gasteiger partial charge on any atom is 0.435 e. The van der Waals surface area contributed by atoms with Gasteiger partial charge in [-0.25, -0.2) is 0 Å². The molecule has 188 valence electrons. The number of benzene rings is 2. The molecule has 1 N–H and O–H groups in total. The van der Waals surface area contributed by atoms with Gasteiger partial charge < -0.3 is 10.2 Å². The highest BCUT2D eigenvalue weighted by atomic mass is 35.5. The van der Waals surface area contributed by atoms with Crippen LogP contribution in [0.25, 0.3) is 0 Å². The molecule has 1 unspecified atom stereocenters. The molecule has 1 aliphatic carbocycles. The van der Waals surface area contributed by atoms with Gasteiger partial charge in [-0.3, -0.25) is 4.79 Å². The number of fused-ring (bicyclic) bond motifs is 1. The zero-order valence-electron chi connectivity index (χ0n) is 17.9. The molecule has 0 aromatic heterocycles. The van der Waals surface area contributed by atoms with Crippen LogP contribution in [0.1, 0.15) is 51.9 Å². The third-order valence-electron chi connectivity index (χ3n) is 6.05. The van der Waals surface area contributed by atoms with Crippen LogP contribution in [0.5, 0.6) is 0 Å². The first kappa shape index (κ1) is 25.6. The molecule has 0 bridgehead atoms. The molecule has 0 fully saturated rings. The van der Waals surface area contributed by atoms with Crippen LogP contribution < -0.4 is 5.32 Å². The van der Waals surface area contributed by atoms with Gasteiger partial charge in [0.25, 0.3) is 11.5 Å². The number of nitrogens with one attached hydrogen (secondary N) is 1. The summed E-state index contributed by atoms with van der Waals surface area (Å²) < 4.78 is 80.6. The van der Waals surface area contributed by atoms with Crippen molar-refractivity contribution in [2.45, 2.75) is 50.1 Å².